The van der Waals surface area contributed by atoms with E-state index in [0.717, 1.165) is 116 Å². The van der Waals surface area contributed by atoms with E-state index in [1.807, 2.05) is 36.5 Å². The van der Waals surface area contributed by atoms with Gasteiger partial charge in [-0.05, 0) is 103 Å². The first-order valence-corrected chi connectivity index (χ1v) is 25.4. The Hall–Kier alpha value is -3.93. The van der Waals surface area contributed by atoms with Crippen LogP contribution in [0.2, 0.25) is 0 Å². The van der Waals surface area contributed by atoms with E-state index in [0.29, 0.717) is 19.3 Å². The maximum atomic E-state index is 12.8. The molecule has 0 bridgehead atoms. The van der Waals surface area contributed by atoms with Crippen LogP contribution >= 0.6 is 0 Å². The molecular weight excluding hydrogens is 781 g/mol. The zero-order chi connectivity index (χ0) is 45.8. The minimum Gasteiger partial charge on any atom is -0.462 e. The predicted octanol–water partition coefficient (Wildman–Crippen LogP) is 16.8. The zero-order valence-corrected chi connectivity index (χ0v) is 40.5. The Morgan fingerprint density at radius 3 is 1.19 bits per heavy atom. The van der Waals surface area contributed by atoms with Crippen molar-refractivity contribution in [2.45, 2.75) is 219 Å². The van der Waals surface area contributed by atoms with E-state index in [9.17, 15) is 14.4 Å². The number of ether oxygens (including phenoxy) is 3. The largest absolute Gasteiger partial charge is 0.462 e. The first kappa shape index (κ1) is 59.1. The predicted molar refractivity (Wildman–Crippen MR) is 270 cm³/mol. The molecule has 1 atom stereocenters. The highest BCUT2D eigenvalue weighted by Gasteiger charge is 2.19. The zero-order valence-electron chi connectivity index (χ0n) is 40.5. The lowest BCUT2D eigenvalue weighted by Gasteiger charge is -2.18. The molecule has 0 spiro atoms. The summed E-state index contributed by atoms with van der Waals surface area (Å²) in [5.74, 6) is -0.984. The van der Waals surface area contributed by atoms with Crippen LogP contribution in [-0.2, 0) is 28.6 Å². The van der Waals surface area contributed by atoms with E-state index in [2.05, 4.69) is 93.7 Å². The van der Waals surface area contributed by atoms with Crippen LogP contribution in [0, 0.1) is 0 Å². The van der Waals surface area contributed by atoms with Crippen molar-refractivity contribution in [3.8, 4) is 0 Å². The minimum atomic E-state index is -0.811. The summed E-state index contributed by atoms with van der Waals surface area (Å²) in [6, 6.07) is 0. The number of hydrogen-bond donors (Lipinski definition) is 0. The van der Waals surface area contributed by atoms with E-state index in [1.54, 1.807) is 0 Å². The minimum absolute atomic E-state index is 0.109. The van der Waals surface area contributed by atoms with Gasteiger partial charge in [0, 0.05) is 19.3 Å². The van der Waals surface area contributed by atoms with Crippen LogP contribution in [0.15, 0.2) is 109 Å². The molecule has 63 heavy (non-hydrogen) atoms. The van der Waals surface area contributed by atoms with Crippen LogP contribution in [-0.4, -0.2) is 37.2 Å². The SMILES string of the molecule is CC/C=C/C=C/C=C/C=C/CCCCCC(=O)OC(COC(=O)CCCCC/C=C/CCCCCCCC)COC(=O)CCCCCCCC/C=C/C/C=C/C/C=C/C/C=C/CC. The fourth-order valence-corrected chi connectivity index (χ4v) is 6.55. The van der Waals surface area contributed by atoms with E-state index in [1.165, 1.54) is 51.4 Å². The lowest BCUT2D eigenvalue weighted by atomic mass is 10.1. The van der Waals surface area contributed by atoms with E-state index in [-0.39, 0.29) is 37.5 Å². The van der Waals surface area contributed by atoms with E-state index in [4.69, 9.17) is 14.2 Å². The van der Waals surface area contributed by atoms with Gasteiger partial charge in [0.25, 0.3) is 0 Å². The summed E-state index contributed by atoms with van der Waals surface area (Å²) in [6.45, 7) is 6.30. The molecule has 0 aromatic rings. The number of rotatable bonds is 44. The average molecular weight is 873 g/mol. The normalized spacial score (nSPS) is 13.0. The number of unbranched alkanes of at least 4 members (excludes halogenated alkanes) is 18. The average Bonchev–Trinajstić information content (AvgIpc) is 3.28. The molecule has 6 heteroatoms. The molecule has 6 nitrogen and oxygen atoms in total. The summed E-state index contributed by atoms with van der Waals surface area (Å²) in [4.78, 5) is 37.9. The molecule has 0 N–H and O–H groups in total. The van der Waals surface area contributed by atoms with Crippen LogP contribution in [0.1, 0.15) is 213 Å². The van der Waals surface area contributed by atoms with Gasteiger partial charge in [0.2, 0.25) is 0 Å². The molecule has 1 unspecified atom stereocenters. The molecule has 0 aromatic carbocycles. The van der Waals surface area contributed by atoms with Crippen molar-refractivity contribution in [3.05, 3.63) is 109 Å². The Labute approximate surface area is 387 Å². The van der Waals surface area contributed by atoms with Crippen molar-refractivity contribution in [1.82, 2.24) is 0 Å². The van der Waals surface area contributed by atoms with Gasteiger partial charge in [-0.15, -0.1) is 0 Å². The number of esters is 3. The highest BCUT2D eigenvalue weighted by atomic mass is 16.6. The molecule has 0 rings (SSSR count). The smallest absolute Gasteiger partial charge is 0.306 e. The summed E-state index contributed by atoms with van der Waals surface area (Å²) < 4.78 is 16.7. The maximum Gasteiger partial charge on any atom is 0.306 e. The van der Waals surface area contributed by atoms with Crippen molar-refractivity contribution < 1.29 is 28.6 Å². The molecule has 0 fully saturated rings. The molecule has 0 saturated carbocycles. The number of hydrogen-bond acceptors (Lipinski definition) is 6. The molecule has 0 saturated heterocycles. The summed E-state index contributed by atoms with van der Waals surface area (Å²) in [7, 11) is 0. The van der Waals surface area contributed by atoms with Crippen molar-refractivity contribution in [3.63, 3.8) is 0 Å². The van der Waals surface area contributed by atoms with Crippen molar-refractivity contribution >= 4 is 17.9 Å². The summed E-state index contributed by atoms with van der Waals surface area (Å²) in [5, 5.41) is 0. The summed E-state index contributed by atoms with van der Waals surface area (Å²) in [6.07, 6.45) is 67.9. The molecule has 0 aliphatic carbocycles. The van der Waals surface area contributed by atoms with Crippen LogP contribution in [0.4, 0.5) is 0 Å². The third kappa shape index (κ3) is 49.0. The van der Waals surface area contributed by atoms with Gasteiger partial charge in [0.15, 0.2) is 6.10 Å². The lowest BCUT2D eigenvalue weighted by molar-refractivity contribution is -0.167. The Kier molecular flexibility index (Phi) is 47.5. The highest BCUT2D eigenvalue weighted by molar-refractivity contribution is 5.71. The number of allylic oxidation sites excluding steroid dienone is 18. The van der Waals surface area contributed by atoms with Crippen molar-refractivity contribution in [1.29, 1.82) is 0 Å². The van der Waals surface area contributed by atoms with Gasteiger partial charge in [-0.3, -0.25) is 14.4 Å². The van der Waals surface area contributed by atoms with Gasteiger partial charge in [-0.1, -0.05) is 201 Å². The molecule has 0 amide bonds. The number of carbonyl (C=O) groups is 3. The Morgan fingerprint density at radius 2 is 0.698 bits per heavy atom. The molecule has 0 aromatic heterocycles. The highest BCUT2D eigenvalue weighted by Crippen LogP contribution is 2.13. The first-order valence-electron chi connectivity index (χ1n) is 25.4. The third-order valence-electron chi connectivity index (χ3n) is 10.3. The second-order valence-corrected chi connectivity index (χ2v) is 16.4. The second kappa shape index (κ2) is 50.7. The van der Waals surface area contributed by atoms with Gasteiger partial charge in [-0.25, -0.2) is 0 Å². The maximum absolute atomic E-state index is 12.8. The van der Waals surface area contributed by atoms with Gasteiger partial charge < -0.3 is 14.2 Å². The molecule has 0 aliphatic heterocycles. The molecule has 0 radical (unpaired) electrons. The van der Waals surface area contributed by atoms with E-state index >= 15 is 0 Å². The fourth-order valence-electron chi connectivity index (χ4n) is 6.55. The Morgan fingerprint density at radius 1 is 0.349 bits per heavy atom. The monoisotopic (exact) mass is 873 g/mol. The van der Waals surface area contributed by atoms with Crippen molar-refractivity contribution in [2.24, 2.45) is 0 Å². The Balaban J connectivity index is 4.47. The van der Waals surface area contributed by atoms with Crippen LogP contribution in [0.25, 0.3) is 0 Å². The molecule has 0 aliphatic rings. The first-order chi connectivity index (χ1) is 31.0. The molecular formula is C57H92O6. The van der Waals surface area contributed by atoms with E-state index < -0.39 is 6.10 Å². The quantitative estimate of drug-likeness (QED) is 0.0199. The van der Waals surface area contributed by atoms with Crippen LogP contribution < -0.4 is 0 Å². The molecule has 0 heterocycles. The fraction of sp³-hybridized carbons (Fsp3) is 0.632. The van der Waals surface area contributed by atoms with Gasteiger partial charge in [0.1, 0.15) is 13.2 Å². The topological polar surface area (TPSA) is 78.9 Å². The standard InChI is InChI=1S/C57H92O6/c1-4-7-10-13-16-19-22-25-26-27-28-29-30-33-35-38-41-44-47-50-56(59)62-53-54(63-57(60)51-48-45-42-39-36-32-24-21-18-15-12-9-6-3)52-61-55(58)49-46-43-40-37-34-31-23-20-17-14-11-8-5-2/h7,9-10,12,15-16,18-19,21,24-26,28-29,31-32,34,36,54H,4-6,8,11,13-14,17,20,22-23,27,30,33,35,37-53H2,1-3H3/b10-7+,12-9+,18-15+,19-16+,24-21+,26-25+,29-28+,34-31+,36-32+. The second-order valence-electron chi connectivity index (χ2n) is 16.4. The third-order valence-corrected chi connectivity index (χ3v) is 10.3. The lowest BCUT2D eigenvalue weighted by Crippen LogP contribution is -2.30. The van der Waals surface area contributed by atoms with Gasteiger partial charge in [0.05, 0.1) is 0 Å². The van der Waals surface area contributed by atoms with Crippen LogP contribution in [0.3, 0.4) is 0 Å². The molecule has 356 valence electrons. The summed E-state index contributed by atoms with van der Waals surface area (Å²) >= 11 is 0. The van der Waals surface area contributed by atoms with Gasteiger partial charge >= 0.3 is 17.9 Å². The van der Waals surface area contributed by atoms with Gasteiger partial charge in [-0.2, -0.15) is 0 Å². The van der Waals surface area contributed by atoms with Crippen LogP contribution in [0.5, 0.6) is 0 Å². The Bertz CT molecular complexity index is 1330. The number of carbonyl (C=O) groups excluding carboxylic acids is 3. The summed E-state index contributed by atoms with van der Waals surface area (Å²) in [5.41, 5.74) is 0. The van der Waals surface area contributed by atoms with Crippen molar-refractivity contribution in [2.75, 3.05) is 13.2 Å².